The number of cyclic esters (lactones) is 1. The van der Waals surface area contributed by atoms with E-state index in [1.165, 1.54) is 26.5 Å². The third-order valence-electron chi connectivity index (χ3n) is 10.6. The number of nitrogens with zero attached hydrogens (tertiary/aromatic N) is 5. The fraction of sp³-hybridized carbons (Fsp3) is 0.425. The van der Waals surface area contributed by atoms with Crippen molar-refractivity contribution in [1.82, 2.24) is 14.5 Å². The molecule has 14 nitrogen and oxygen atoms in total. The number of amides is 1. The zero-order valence-corrected chi connectivity index (χ0v) is 34.7. The van der Waals surface area contributed by atoms with Crippen LogP contribution in [0.1, 0.15) is 42.5 Å². The van der Waals surface area contributed by atoms with Gasteiger partial charge in [0.05, 0.1) is 29.0 Å². The van der Waals surface area contributed by atoms with Gasteiger partial charge in [0.2, 0.25) is 5.60 Å². The number of carbonyl (C=O) groups is 3. The summed E-state index contributed by atoms with van der Waals surface area (Å²) in [5.41, 5.74) is 3.75. The Morgan fingerprint density at radius 1 is 0.965 bits per heavy atom. The van der Waals surface area contributed by atoms with Crippen molar-refractivity contribution >= 4 is 74.5 Å². The first-order valence-electron chi connectivity index (χ1n) is 18.7. The SMILES string of the molecule is CCc1c2c(nc3ccc(O)cc13)-c1cc3c(c(=O)n1C2)COC(=O)[C@@]3(CC)OC(=O)OCCSSCCOC(=O)N(C)c1ccc(N2CCN(C)CC2)cc1.Cl. The van der Waals surface area contributed by atoms with E-state index >= 15 is 0 Å². The van der Waals surface area contributed by atoms with E-state index in [4.69, 9.17) is 23.9 Å². The molecule has 3 aliphatic heterocycles. The molecule has 0 bridgehead atoms. The number of phenols is 1. The predicted octanol–water partition coefficient (Wildman–Crippen LogP) is 6.34. The maximum Gasteiger partial charge on any atom is 0.509 e. The number of aromatic hydroxyl groups is 1. The van der Waals surface area contributed by atoms with Gasteiger partial charge >= 0.3 is 18.2 Å². The molecule has 1 N–H and O–H groups in total. The largest absolute Gasteiger partial charge is 0.509 e. The average Bonchev–Trinajstić information content (AvgIpc) is 3.57. The Hall–Kier alpha value is -4.64. The lowest BCUT2D eigenvalue weighted by Gasteiger charge is -2.35. The molecule has 3 aliphatic rings. The van der Waals surface area contributed by atoms with Gasteiger partial charge in [-0.2, -0.15) is 0 Å². The molecule has 2 aromatic heterocycles. The molecule has 1 atom stereocenters. The molecular weight excluding hydrogens is 794 g/mol. The lowest BCUT2D eigenvalue weighted by molar-refractivity contribution is -0.175. The van der Waals surface area contributed by atoms with Crippen LogP contribution in [-0.2, 0) is 48.9 Å². The quantitative estimate of drug-likeness (QED) is 0.0644. The highest BCUT2D eigenvalue weighted by molar-refractivity contribution is 8.76. The molecule has 0 radical (unpaired) electrons. The molecule has 57 heavy (non-hydrogen) atoms. The summed E-state index contributed by atoms with van der Waals surface area (Å²) in [4.78, 5) is 64.0. The standard InChI is InChI=1S/C40H45N5O9S2.ClH/c1-5-28-29-21-27(46)11-12-33(29)41-35-30(28)23-45-34(35)22-32-31(36(45)47)24-53-37(48)40(32,6-2)54-39(50)52-18-20-56-55-19-17-51-38(49)43(4)25-7-9-26(10-8-25)44-15-13-42(3)14-16-44;/h7-12,21-22,46H,5-6,13-20,23-24H2,1-4H3;1H/t40-;/m0./s1. The summed E-state index contributed by atoms with van der Waals surface area (Å²) < 4.78 is 23.6. The second kappa shape index (κ2) is 17.9. The second-order valence-electron chi connectivity index (χ2n) is 13.9. The van der Waals surface area contributed by atoms with Crippen LogP contribution in [0.15, 0.2) is 53.3 Å². The number of anilines is 2. The molecule has 0 spiro atoms. The number of fused-ring (bicyclic) bond motifs is 5. The van der Waals surface area contributed by atoms with E-state index in [0.717, 1.165) is 54.1 Å². The van der Waals surface area contributed by atoms with Crippen molar-refractivity contribution in [3.8, 4) is 17.1 Å². The van der Waals surface area contributed by atoms with E-state index in [0.29, 0.717) is 34.8 Å². The average molecular weight is 840 g/mol. The number of piperazine rings is 1. The fourth-order valence-corrected chi connectivity index (χ4v) is 9.13. The summed E-state index contributed by atoms with van der Waals surface area (Å²) in [6, 6.07) is 14.6. The zero-order chi connectivity index (χ0) is 39.6. The molecule has 1 fully saturated rings. The first-order valence-corrected chi connectivity index (χ1v) is 21.2. The summed E-state index contributed by atoms with van der Waals surface area (Å²) in [5, 5.41) is 11.0. The van der Waals surface area contributed by atoms with E-state index < -0.39 is 23.8 Å². The molecular formula is C40H46ClN5O9S2. The Balaban J connectivity index is 0.00000549. The summed E-state index contributed by atoms with van der Waals surface area (Å²) in [6.45, 7) is 7.88. The van der Waals surface area contributed by atoms with E-state index in [1.54, 1.807) is 42.8 Å². The topological polar surface area (TPSA) is 153 Å². The van der Waals surface area contributed by atoms with Crippen LogP contribution in [0.2, 0.25) is 0 Å². The van der Waals surface area contributed by atoms with Crippen LogP contribution < -0.4 is 15.4 Å². The molecule has 1 amide bonds. The number of halogens is 1. The second-order valence-corrected chi connectivity index (χ2v) is 16.6. The van der Waals surface area contributed by atoms with Crippen molar-refractivity contribution in [2.45, 2.75) is 45.4 Å². The lowest BCUT2D eigenvalue weighted by atomic mass is 9.85. The predicted molar refractivity (Wildman–Crippen MR) is 224 cm³/mol. The van der Waals surface area contributed by atoms with Crippen LogP contribution in [0.3, 0.4) is 0 Å². The summed E-state index contributed by atoms with van der Waals surface area (Å²) in [6.07, 6.45) is -0.851. The van der Waals surface area contributed by atoms with Gasteiger partial charge in [-0.25, -0.2) is 19.4 Å². The number of aryl methyl sites for hydroxylation is 1. The first-order chi connectivity index (χ1) is 27.0. The van der Waals surface area contributed by atoms with Crippen LogP contribution in [0.4, 0.5) is 21.0 Å². The third kappa shape index (κ3) is 8.36. The van der Waals surface area contributed by atoms with Crippen LogP contribution in [0.5, 0.6) is 5.75 Å². The minimum Gasteiger partial charge on any atom is -0.508 e. The number of rotatable bonds is 12. The number of pyridine rings is 2. The normalized spacial score (nSPS) is 17.2. The first kappa shape index (κ1) is 42.0. The highest BCUT2D eigenvalue weighted by atomic mass is 35.5. The van der Waals surface area contributed by atoms with Crippen molar-refractivity contribution in [2.75, 3.05) is 74.8 Å². The van der Waals surface area contributed by atoms with Gasteiger partial charge in [-0.15, -0.1) is 12.4 Å². The number of benzene rings is 2. The van der Waals surface area contributed by atoms with Crippen molar-refractivity contribution in [1.29, 1.82) is 0 Å². The summed E-state index contributed by atoms with van der Waals surface area (Å²) in [5.74, 6) is 0.281. The van der Waals surface area contributed by atoms with Gasteiger partial charge in [0.15, 0.2) is 0 Å². The van der Waals surface area contributed by atoms with E-state index in [2.05, 4.69) is 16.8 Å². The minimum absolute atomic E-state index is 0. The van der Waals surface area contributed by atoms with Gasteiger partial charge in [-0.05, 0) is 74.0 Å². The Labute approximate surface area is 344 Å². The molecule has 17 heteroatoms. The maximum absolute atomic E-state index is 13.9. The maximum atomic E-state index is 13.9. The Morgan fingerprint density at radius 3 is 2.35 bits per heavy atom. The Bertz CT molecular complexity index is 2210. The number of esters is 1. The number of aromatic nitrogens is 2. The lowest BCUT2D eigenvalue weighted by Crippen LogP contribution is -2.47. The van der Waals surface area contributed by atoms with Crippen molar-refractivity contribution < 1.29 is 38.4 Å². The molecule has 0 unspecified atom stereocenters. The fourth-order valence-electron chi connectivity index (χ4n) is 7.48. The van der Waals surface area contributed by atoms with E-state index in [1.807, 2.05) is 31.2 Å². The van der Waals surface area contributed by atoms with Gasteiger partial charge < -0.3 is 38.4 Å². The molecule has 2 aromatic carbocycles. The van der Waals surface area contributed by atoms with Gasteiger partial charge in [0.25, 0.3) is 5.56 Å². The van der Waals surface area contributed by atoms with Crippen molar-refractivity contribution in [2.24, 2.45) is 0 Å². The Kier molecular flexibility index (Phi) is 13.2. The number of hydrogen-bond acceptors (Lipinski definition) is 14. The van der Waals surface area contributed by atoms with Gasteiger partial charge in [-0.1, -0.05) is 35.4 Å². The van der Waals surface area contributed by atoms with Gasteiger partial charge in [-0.3, -0.25) is 9.69 Å². The van der Waals surface area contributed by atoms with Crippen molar-refractivity contribution in [3.63, 3.8) is 0 Å². The van der Waals surface area contributed by atoms with Crippen LogP contribution in [0.25, 0.3) is 22.3 Å². The van der Waals surface area contributed by atoms with E-state index in [-0.39, 0.29) is 67.6 Å². The molecule has 4 aromatic rings. The number of likely N-dealkylation sites (N-methyl/N-ethyl adjacent to an activating group) is 1. The Morgan fingerprint density at radius 2 is 1.67 bits per heavy atom. The summed E-state index contributed by atoms with van der Waals surface area (Å²) >= 11 is 0. The van der Waals surface area contributed by atoms with E-state index in [9.17, 15) is 24.3 Å². The minimum atomic E-state index is -1.88. The monoisotopic (exact) mass is 839 g/mol. The number of phenolic OH excluding ortho intramolecular Hbond substituents is 1. The molecule has 1 saturated heterocycles. The van der Waals surface area contributed by atoms with Gasteiger partial charge in [0.1, 0.15) is 25.6 Å². The van der Waals surface area contributed by atoms with Crippen LogP contribution >= 0.6 is 34.0 Å². The zero-order valence-electron chi connectivity index (χ0n) is 32.3. The number of hydrogen-bond donors (Lipinski definition) is 1. The molecule has 5 heterocycles. The van der Waals surface area contributed by atoms with Gasteiger partial charge in [0, 0.05) is 72.6 Å². The number of carbonyl (C=O) groups excluding carboxylic acids is 3. The molecule has 0 aliphatic carbocycles. The van der Waals surface area contributed by atoms with Crippen molar-refractivity contribution in [3.05, 3.63) is 81.1 Å². The highest BCUT2D eigenvalue weighted by Gasteiger charge is 2.51. The number of ether oxygens (including phenoxy) is 4. The highest BCUT2D eigenvalue weighted by Crippen LogP contribution is 2.42. The van der Waals surface area contributed by atoms with Crippen LogP contribution in [-0.4, -0.2) is 103 Å². The molecule has 304 valence electrons. The third-order valence-corrected chi connectivity index (χ3v) is 12.9. The molecule has 7 rings (SSSR count). The summed E-state index contributed by atoms with van der Waals surface area (Å²) in [7, 11) is 6.70. The van der Waals surface area contributed by atoms with Crippen LogP contribution in [0, 0.1) is 0 Å². The molecule has 0 saturated carbocycles. The smallest absolute Gasteiger partial charge is 0.508 e.